The Morgan fingerprint density at radius 3 is 2.38 bits per heavy atom. The van der Waals surface area contributed by atoms with Crippen molar-refractivity contribution >= 4 is 5.69 Å². The smallest absolute Gasteiger partial charge is 0.122 e. The molecule has 0 radical (unpaired) electrons. The molecule has 0 fully saturated rings. The van der Waals surface area contributed by atoms with Gasteiger partial charge in [0.1, 0.15) is 5.75 Å². The van der Waals surface area contributed by atoms with Crippen LogP contribution in [0.25, 0.3) is 0 Å². The number of aliphatic hydroxyl groups is 1. The van der Waals surface area contributed by atoms with Crippen molar-refractivity contribution in [2.24, 2.45) is 0 Å². The van der Waals surface area contributed by atoms with Crippen molar-refractivity contribution in [3.05, 3.63) is 23.3 Å². The third-order valence-electron chi connectivity index (χ3n) is 2.67. The molecule has 3 nitrogen and oxygen atoms in total. The van der Waals surface area contributed by atoms with Gasteiger partial charge in [0, 0.05) is 12.2 Å². The first kappa shape index (κ1) is 12.8. The molecule has 0 heterocycles. The number of hydrogen-bond acceptors (Lipinski definition) is 3. The number of anilines is 1. The molecule has 0 spiro atoms. The van der Waals surface area contributed by atoms with Crippen LogP contribution in [-0.4, -0.2) is 24.4 Å². The van der Waals surface area contributed by atoms with Gasteiger partial charge < -0.3 is 15.2 Å². The Kier molecular flexibility index (Phi) is 3.81. The molecule has 0 atom stereocenters. The Labute approximate surface area is 97.4 Å². The molecular formula is C13H21NO2. The Bertz CT molecular complexity index is 367. The zero-order valence-corrected chi connectivity index (χ0v) is 10.7. The number of ether oxygens (including phenoxy) is 1. The lowest BCUT2D eigenvalue weighted by Gasteiger charge is -2.20. The maximum Gasteiger partial charge on any atom is 0.122 e. The van der Waals surface area contributed by atoms with Gasteiger partial charge >= 0.3 is 0 Å². The van der Waals surface area contributed by atoms with Crippen molar-refractivity contribution in [1.82, 2.24) is 0 Å². The van der Waals surface area contributed by atoms with Crippen LogP contribution in [0.4, 0.5) is 5.69 Å². The molecule has 90 valence electrons. The van der Waals surface area contributed by atoms with Crippen LogP contribution in [0.3, 0.4) is 0 Å². The predicted molar refractivity (Wildman–Crippen MR) is 67.3 cm³/mol. The second-order valence-electron chi connectivity index (χ2n) is 4.73. The van der Waals surface area contributed by atoms with Gasteiger partial charge in [-0.05, 0) is 51.0 Å². The molecule has 0 aliphatic carbocycles. The van der Waals surface area contributed by atoms with Crippen LogP contribution in [0.5, 0.6) is 5.75 Å². The normalized spacial score (nSPS) is 11.4. The second-order valence-corrected chi connectivity index (χ2v) is 4.73. The lowest BCUT2D eigenvalue weighted by atomic mass is 10.1. The zero-order valence-electron chi connectivity index (χ0n) is 10.7. The van der Waals surface area contributed by atoms with Gasteiger partial charge in [-0.3, -0.25) is 0 Å². The van der Waals surface area contributed by atoms with Crippen LogP contribution in [-0.2, 0) is 0 Å². The predicted octanol–water partition coefficient (Wildman–Crippen LogP) is 2.49. The summed E-state index contributed by atoms with van der Waals surface area (Å²) in [5, 5.41) is 12.9. The maximum absolute atomic E-state index is 9.65. The molecule has 0 saturated heterocycles. The number of rotatable bonds is 4. The first-order chi connectivity index (χ1) is 7.35. The lowest BCUT2D eigenvalue weighted by Crippen LogP contribution is -2.29. The standard InChI is InChI=1S/C13H21NO2/c1-9-10(2)12(16-5)7-6-11(9)14-8-13(3,4)15/h6-7,14-15H,8H2,1-5H3. The van der Waals surface area contributed by atoms with E-state index in [1.165, 1.54) is 0 Å². The van der Waals surface area contributed by atoms with Crippen molar-refractivity contribution in [2.45, 2.75) is 33.3 Å². The Hall–Kier alpha value is -1.22. The fourth-order valence-corrected chi connectivity index (χ4v) is 1.52. The molecule has 0 aromatic heterocycles. The lowest BCUT2D eigenvalue weighted by molar-refractivity contribution is 0.0945. The zero-order chi connectivity index (χ0) is 12.3. The van der Waals surface area contributed by atoms with Crippen molar-refractivity contribution in [3.8, 4) is 5.75 Å². The van der Waals surface area contributed by atoms with E-state index in [9.17, 15) is 5.11 Å². The van der Waals surface area contributed by atoms with Crippen LogP contribution in [0, 0.1) is 13.8 Å². The fraction of sp³-hybridized carbons (Fsp3) is 0.538. The molecule has 0 saturated carbocycles. The van der Waals surface area contributed by atoms with Crippen LogP contribution in [0.2, 0.25) is 0 Å². The molecule has 1 aromatic carbocycles. The average molecular weight is 223 g/mol. The molecule has 2 N–H and O–H groups in total. The Balaban J connectivity index is 2.87. The van der Waals surface area contributed by atoms with Gasteiger partial charge in [0.2, 0.25) is 0 Å². The molecule has 16 heavy (non-hydrogen) atoms. The van der Waals surface area contributed by atoms with E-state index in [0.717, 1.165) is 22.6 Å². The van der Waals surface area contributed by atoms with E-state index in [1.54, 1.807) is 21.0 Å². The van der Waals surface area contributed by atoms with Gasteiger partial charge in [-0.25, -0.2) is 0 Å². The third-order valence-corrected chi connectivity index (χ3v) is 2.67. The SMILES string of the molecule is COc1ccc(NCC(C)(C)O)c(C)c1C. The first-order valence-electron chi connectivity index (χ1n) is 5.45. The topological polar surface area (TPSA) is 41.5 Å². The second kappa shape index (κ2) is 4.74. The Morgan fingerprint density at radius 2 is 1.88 bits per heavy atom. The highest BCUT2D eigenvalue weighted by molar-refractivity contribution is 5.58. The van der Waals surface area contributed by atoms with Gasteiger partial charge in [0.05, 0.1) is 12.7 Å². The quantitative estimate of drug-likeness (QED) is 0.824. The van der Waals surface area contributed by atoms with Crippen molar-refractivity contribution < 1.29 is 9.84 Å². The monoisotopic (exact) mass is 223 g/mol. The molecule has 1 aromatic rings. The van der Waals surface area contributed by atoms with E-state index in [1.807, 2.05) is 26.0 Å². The minimum absolute atomic E-state index is 0.527. The van der Waals surface area contributed by atoms with Gasteiger partial charge in [-0.15, -0.1) is 0 Å². The van der Waals surface area contributed by atoms with E-state index in [-0.39, 0.29) is 0 Å². The molecule has 0 bridgehead atoms. The summed E-state index contributed by atoms with van der Waals surface area (Å²) in [6.45, 7) is 8.17. The molecule has 0 unspecified atom stereocenters. The summed E-state index contributed by atoms with van der Waals surface area (Å²) in [5.74, 6) is 0.895. The van der Waals surface area contributed by atoms with E-state index >= 15 is 0 Å². The number of nitrogens with one attached hydrogen (secondary N) is 1. The maximum atomic E-state index is 9.65. The molecule has 1 rings (SSSR count). The summed E-state index contributed by atoms with van der Waals surface area (Å²) in [7, 11) is 1.67. The fourth-order valence-electron chi connectivity index (χ4n) is 1.52. The highest BCUT2D eigenvalue weighted by Crippen LogP contribution is 2.27. The Morgan fingerprint density at radius 1 is 1.25 bits per heavy atom. The van der Waals surface area contributed by atoms with E-state index in [0.29, 0.717) is 6.54 Å². The van der Waals surface area contributed by atoms with Crippen LogP contribution in [0.15, 0.2) is 12.1 Å². The molecular weight excluding hydrogens is 202 g/mol. The van der Waals surface area contributed by atoms with E-state index in [4.69, 9.17) is 4.74 Å². The van der Waals surface area contributed by atoms with E-state index in [2.05, 4.69) is 5.32 Å². The summed E-state index contributed by atoms with van der Waals surface area (Å²) >= 11 is 0. The molecule has 0 amide bonds. The van der Waals surface area contributed by atoms with Crippen LogP contribution < -0.4 is 10.1 Å². The van der Waals surface area contributed by atoms with Crippen LogP contribution in [0.1, 0.15) is 25.0 Å². The average Bonchev–Trinajstić information content (AvgIpc) is 2.19. The summed E-state index contributed by atoms with van der Waals surface area (Å²) in [5.41, 5.74) is 2.62. The highest BCUT2D eigenvalue weighted by Gasteiger charge is 2.13. The number of hydrogen-bond donors (Lipinski definition) is 2. The third kappa shape index (κ3) is 3.14. The minimum Gasteiger partial charge on any atom is -0.496 e. The van der Waals surface area contributed by atoms with Gasteiger partial charge in [-0.1, -0.05) is 0 Å². The molecule has 0 aliphatic heterocycles. The minimum atomic E-state index is -0.708. The van der Waals surface area contributed by atoms with Crippen LogP contribution >= 0.6 is 0 Å². The number of benzene rings is 1. The summed E-state index contributed by atoms with van der Waals surface area (Å²) in [4.78, 5) is 0. The van der Waals surface area contributed by atoms with Gasteiger partial charge in [0.15, 0.2) is 0 Å². The van der Waals surface area contributed by atoms with Crippen molar-refractivity contribution in [1.29, 1.82) is 0 Å². The largest absolute Gasteiger partial charge is 0.496 e. The summed E-state index contributed by atoms with van der Waals surface area (Å²) < 4.78 is 5.25. The van der Waals surface area contributed by atoms with Gasteiger partial charge in [0.25, 0.3) is 0 Å². The number of methoxy groups -OCH3 is 1. The first-order valence-corrected chi connectivity index (χ1v) is 5.45. The van der Waals surface area contributed by atoms with E-state index < -0.39 is 5.60 Å². The summed E-state index contributed by atoms with van der Waals surface area (Å²) in [6.07, 6.45) is 0. The van der Waals surface area contributed by atoms with Crippen molar-refractivity contribution in [2.75, 3.05) is 19.0 Å². The molecule has 0 aliphatic rings. The van der Waals surface area contributed by atoms with Gasteiger partial charge in [-0.2, -0.15) is 0 Å². The summed E-state index contributed by atoms with van der Waals surface area (Å²) in [6, 6.07) is 3.92. The highest BCUT2D eigenvalue weighted by atomic mass is 16.5. The molecule has 3 heteroatoms. The van der Waals surface area contributed by atoms with Crippen molar-refractivity contribution in [3.63, 3.8) is 0 Å².